The van der Waals surface area contributed by atoms with Crippen LogP contribution in [0.25, 0.3) is 0 Å². The van der Waals surface area contributed by atoms with Crippen LogP contribution >= 0.6 is 12.2 Å². The summed E-state index contributed by atoms with van der Waals surface area (Å²) in [4.78, 5) is 0. The van der Waals surface area contributed by atoms with E-state index in [2.05, 4.69) is 48.7 Å². The maximum absolute atomic E-state index is 5.38. The van der Waals surface area contributed by atoms with Gasteiger partial charge in [0.15, 0.2) is 5.11 Å². The average Bonchev–Trinajstić information content (AvgIpc) is 3.05. The molecule has 0 aliphatic carbocycles. The van der Waals surface area contributed by atoms with Crippen molar-refractivity contribution in [2.75, 3.05) is 5.32 Å². The fourth-order valence-corrected chi connectivity index (χ4v) is 2.73. The summed E-state index contributed by atoms with van der Waals surface area (Å²) >= 11 is 5.38. The molecule has 3 nitrogen and oxygen atoms in total. The van der Waals surface area contributed by atoms with Crippen molar-refractivity contribution in [1.82, 2.24) is 5.32 Å². The van der Waals surface area contributed by atoms with Gasteiger partial charge in [-0.2, -0.15) is 0 Å². The molecule has 0 aliphatic heterocycles. The lowest BCUT2D eigenvalue weighted by atomic mass is 10.1. The van der Waals surface area contributed by atoms with Gasteiger partial charge in [-0.1, -0.05) is 25.5 Å². The van der Waals surface area contributed by atoms with Crippen molar-refractivity contribution in [3.8, 4) is 0 Å². The van der Waals surface area contributed by atoms with Gasteiger partial charge >= 0.3 is 0 Å². The summed E-state index contributed by atoms with van der Waals surface area (Å²) < 4.78 is 5.35. The number of hydrogen-bond acceptors (Lipinski definition) is 2. The monoisotopic (exact) mass is 330 g/mol. The Kier molecular flexibility index (Phi) is 7.14. The van der Waals surface area contributed by atoms with Crippen LogP contribution in [0.5, 0.6) is 0 Å². The molecule has 1 heterocycles. The van der Waals surface area contributed by atoms with Crippen molar-refractivity contribution in [2.45, 2.75) is 52.0 Å². The lowest BCUT2D eigenvalue weighted by Gasteiger charge is -2.16. The highest BCUT2D eigenvalue weighted by atomic mass is 32.1. The highest BCUT2D eigenvalue weighted by Crippen LogP contribution is 2.12. The number of nitrogens with one attached hydrogen (secondary N) is 2. The first kappa shape index (κ1) is 17.5. The van der Waals surface area contributed by atoms with Gasteiger partial charge in [0, 0.05) is 18.2 Å². The molecule has 0 saturated heterocycles. The Morgan fingerprint density at radius 1 is 1.17 bits per heavy atom. The van der Waals surface area contributed by atoms with Gasteiger partial charge in [0.05, 0.1) is 6.26 Å². The molecule has 2 aromatic rings. The number of anilines is 1. The number of benzene rings is 1. The third-order valence-electron chi connectivity index (χ3n) is 3.81. The van der Waals surface area contributed by atoms with Gasteiger partial charge in [0.2, 0.25) is 0 Å². The fourth-order valence-electron chi connectivity index (χ4n) is 2.41. The number of unbranched alkanes of at least 4 members (excludes halogenated alkanes) is 1. The summed E-state index contributed by atoms with van der Waals surface area (Å²) in [7, 11) is 0. The number of aryl methyl sites for hydroxylation is 2. The van der Waals surface area contributed by atoms with E-state index >= 15 is 0 Å². The van der Waals surface area contributed by atoms with E-state index in [1.165, 1.54) is 18.4 Å². The zero-order valence-corrected chi connectivity index (χ0v) is 14.8. The molecule has 124 valence electrons. The SMILES string of the molecule is CCCCc1ccc(NC(=S)N[C@@H](C)CCc2ccco2)cc1. The van der Waals surface area contributed by atoms with Crippen molar-refractivity contribution < 1.29 is 4.42 Å². The van der Waals surface area contributed by atoms with Gasteiger partial charge in [-0.15, -0.1) is 0 Å². The Labute approximate surface area is 144 Å². The molecule has 0 saturated carbocycles. The molecule has 0 unspecified atom stereocenters. The Balaban J connectivity index is 1.73. The summed E-state index contributed by atoms with van der Waals surface area (Å²) in [6.45, 7) is 4.35. The quantitative estimate of drug-likeness (QED) is 0.673. The summed E-state index contributed by atoms with van der Waals surface area (Å²) in [5, 5.41) is 7.23. The molecule has 2 rings (SSSR count). The van der Waals surface area contributed by atoms with E-state index in [0.29, 0.717) is 11.2 Å². The van der Waals surface area contributed by atoms with Gasteiger partial charge < -0.3 is 15.1 Å². The van der Waals surface area contributed by atoms with Crippen LogP contribution in [0.1, 0.15) is 44.4 Å². The molecule has 0 spiro atoms. The third kappa shape index (κ3) is 6.45. The maximum atomic E-state index is 5.38. The highest BCUT2D eigenvalue weighted by molar-refractivity contribution is 7.80. The lowest BCUT2D eigenvalue weighted by molar-refractivity contribution is 0.483. The molecule has 0 bridgehead atoms. The molecule has 4 heteroatoms. The summed E-state index contributed by atoms with van der Waals surface area (Å²) in [5.74, 6) is 1.01. The minimum absolute atomic E-state index is 0.295. The van der Waals surface area contributed by atoms with E-state index in [0.717, 1.165) is 30.7 Å². The highest BCUT2D eigenvalue weighted by Gasteiger charge is 2.06. The van der Waals surface area contributed by atoms with E-state index < -0.39 is 0 Å². The predicted molar refractivity (Wildman–Crippen MR) is 101 cm³/mol. The minimum atomic E-state index is 0.295. The maximum Gasteiger partial charge on any atom is 0.170 e. The molecule has 0 fully saturated rings. The summed E-state index contributed by atoms with van der Waals surface area (Å²) in [5.41, 5.74) is 2.41. The van der Waals surface area contributed by atoms with E-state index in [1.54, 1.807) is 6.26 Å². The standard InChI is InChI=1S/C19H26N2OS/c1-3-4-6-16-9-11-17(12-10-16)21-19(23)20-15(2)8-13-18-7-5-14-22-18/h5,7,9-12,14-15H,3-4,6,8,13H2,1-2H3,(H2,20,21,23)/t15-/m0/s1. The first-order valence-corrected chi connectivity index (χ1v) is 8.77. The molecule has 23 heavy (non-hydrogen) atoms. The molecule has 0 amide bonds. The molecule has 0 radical (unpaired) electrons. The fraction of sp³-hybridized carbons (Fsp3) is 0.421. The number of thiocarbonyl (C=S) groups is 1. The van der Waals surface area contributed by atoms with E-state index in [9.17, 15) is 0 Å². The van der Waals surface area contributed by atoms with Crippen molar-refractivity contribution in [2.24, 2.45) is 0 Å². The second-order valence-electron chi connectivity index (χ2n) is 5.92. The first-order valence-electron chi connectivity index (χ1n) is 8.36. The second kappa shape index (κ2) is 9.36. The van der Waals surface area contributed by atoms with Crippen molar-refractivity contribution >= 4 is 23.0 Å². The largest absolute Gasteiger partial charge is 0.469 e. The Morgan fingerprint density at radius 2 is 1.96 bits per heavy atom. The van der Waals surface area contributed by atoms with Crippen LogP contribution in [0.2, 0.25) is 0 Å². The van der Waals surface area contributed by atoms with Crippen LogP contribution in [-0.2, 0) is 12.8 Å². The van der Waals surface area contributed by atoms with Crippen molar-refractivity contribution in [3.05, 3.63) is 54.0 Å². The van der Waals surface area contributed by atoms with Crippen LogP contribution in [-0.4, -0.2) is 11.2 Å². The molecule has 0 aliphatic rings. The zero-order chi connectivity index (χ0) is 16.5. The molecular formula is C19H26N2OS. The van der Waals surface area contributed by atoms with Gasteiger partial charge in [-0.05, 0) is 68.2 Å². The predicted octanol–water partition coefficient (Wildman–Crippen LogP) is 4.93. The molecule has 1 aromatic heterocycles. The number of furan rings is 1. The average molecular weight is 330 g/mol. The van der Waals surface area contributed by atoms with Crippen LogP contribution < -0.4 is 10.6 Å². The number of rotatable bonds is 8. The van der Waals surface area contributed by atoms with E-state index in [1.807, 2.05) is 12.1 Å². The third-order valence-corrected chi connectivity index (χ3v) is 4.03. The normalized spacial score (nSPS) is 11.9. The first-order chi connectivity index (χ1) is 11.2. The van der Waals surface area contributed by atoms with Crippen molar-refractivity contribution in [3.63, 3.8) is 0 Å². The van der Waals surface area contributed by atoms with Gasteiger partial charge in [-0.25, -0.2) is 0 Å². The van der Waals surface area contributed by atoms with Crippen LogP contribution in [0.15, 0.2) is 47.1 Å². The molecular weight excluding hydrogens is 304 g/mol. The van der Waals surface area contributed by atoms with Crippen LogP contribution in [0.3, 0.4) is 0 Å². The Morgan fingerprint density at radius 3 is 2.61 bits per heavy atom. The minimum Gasteiger partial charge on any atom is -0.469 e. The lowest BCUT2D eigenvalue weighted by Crippen LogP contribution is -2.36. The summed E-state index contributed by atoms with van der Waals surface area (Å²) in [6.07, 6.45) is 7.21. The van der Waals surface area contributed by atoms with Crippen LogP contribution in [0.4, 0.5) is 5.69 Å². The van der Waals surface area contributed by atoms with Gasteiger partial charge in [-0.3, -0.25) is 0 Å². The van der Waals surface area contributed by atoms with Gasteiger partial charge in [0.1, 0.15) is 5.76 Å². The smallest absolute Gasteiger partial charge is 0.170 e. The Bertz CT molecular complexity index is 578. The topological polar surface area (TPSA) is 37.2 Å². The second-order valence-corrected chi connectivity index (χ2v) is 6.33. The van der Waals surface area contributed by atoms with Crippen molar-refractivity contribution in [1.29, 1.82) is 0 Å². The van der Waals surface area contributed by atoms with E-state index in [-0.39, 0.29) is 0 Å². The number of hydrogen-bond donors (Lipinski definition) is 2. The van der Waals surface area contributed by atoms with Gasteiger partial charge in [0.25, 0.3) is 0 Å². The van der Waals surface area contributed by atoms with E-state index in [4.69, 9.17) is 16.6 Å². The zero-order valence-electron chi connectivity index (χ0n) is 14.0. The molecule has 2 N–H and O–H groups in total. The molecule has 1 atom stereocenters. The Hall–Kier alpha value is -1.81. The summed E-state index contributed by atoms with van der Waals surface area (Å²) in [6, 6.07) is 12.7. The molecule has 1 aromatic carbocycles. The van der Waals surface area contributed by atoms with Crippen LogP contribution in [0, 0.1) is 0 Å².